The van der Waals surface area contributed by atoms with Crippen molar-refractivity contribution in [1.29, 1.82) is 0 Å². The van der Waals surface area contributed by atoms with Crippen molar-refractivity contribution in [3.63, 3.8) is 0 Å². The number of aromatic nitrogens is 3. The van der Waals surface area contributed by atoms with Crippen molar-refractivity contribution in [2.45, 2.75) is 19.1 Å². The quantitative estimate of drug-likeness (QED) is 0.863. The van der Waals surface area contributed by atoms with Crippen LogP contribution in [0.2, 0.25) is 0 Å². The summed E-state index contributed by atoms with van der Waals surface area (Å²) < 4.78 is 39.9. The topological polar surface area (TPSA) is 62.5 Å². The molecule has 10 heteroatoms. The Morgan fingerprint density at radius 3 is 2.65 bits per heavy atom. The number of amides is 2. The molecule has 2 fully saturated rings. The summed E-state index contributed by atoms with van der Waals surface area (Å²) in [4.78, 5) is 14.3. The lowest BCUT2D eigenvalue weighted by Crippen LogP contribution is -2.50. The van der Waals surface area contributed by atoms with E-state index >= 15 is 0 Å². The summed E-state index contributed by atoms with van der Waals surface area (Å²) >= 11 is 1.94. The molecule has 1 N–H and O–H groups in total. The van der Waals surface area contributed by atoms with Gasteiger partial charge in [0.15, 0.2) is 11.5 Å². The second-order valence-electron chi connectivity index (χ2n) is 6.83. The summed E-state index contributed by atoms with van der Waals surface area (Å²) in [5.74, 6) is 3.49. The molecule has 2 aromatic rings. The zero-order chi connectivity index (χ0) is 18.3. The van der Waals surface area contributed by atoms with E-state index in [4.69, 9.17) is 0 Å². The lowest BCUT2D eigenvalue weighted by atomic mass is 9.91. The Hall–Kier alpha value is -1.97. The van der Waals surface area contributed by atoms with Gasteiger partial charge in [-0.3, -0.25) is 4.40 Å². The third-order valence-corrected chi connectivity index (χ3v) is 6.23. The highest BCUT2D eigenvalue weighted by molar-refractivity contribution is 7.99. The van der Waals surface area contributed by atoms with E-state index in [-0.39, 0.29) is 18.4 Å². The fourth-order valence-electron chi connectivity index (χ4n) is 3.62. The first-order chi connectivity index (χ1) is 12.4. The monoisotopic (exact) mass is 385 g/mol. The highest BCUT2D eigenvalue weighted by Gasteiger charge is 2.33. The average molecular weight is 385 g/mol. The minimum Gasteiger partial charge on any atom is -0.331 e. The van der Waals surface area contributed by atoms with Crippen molar-refractivity contribution >= 4 is 23.4 Å². The molecule has 4 rings (SSSR count). The van der Waals surface area contributed by atoms with E-state index in [9.17, 15) is 18.0 Å². The third-order valence-electron chi connectivity index (χ3n) is 4.82. The number of alkyl halides is 3. The fraction of sp³-hybridized carbons (Fsp3) is 0.562. The summed E-state index contributed by atoms with van der Waals surface area (Å²) in [5.41, 5.74) is -0.467. The van der Waals surface area contributed by atoms with Gasteiger partial charge in [0.25, 0.3) is 0 Å². The molecule has 2 amide bonds. The normalized spacial score (nSPS) is 23.3. The Morgan fingerprint density at radius 2 is 1.96 bits per heavy atom. The number of thioether (sulfide) groups is 1. The Bertz CT molecular complexity index is 812. The summed E-state index contributed by atoms with van der Waals surface area (Å²) in [7, 11) is 0. The zero-order valence-corrected chi connectivity index (χ0v) is 14.7. The molecular weight excluding hydrogens is 367 g/mol. The highest BCUT2D eigenvalue weighted by Crippen LogP contribution is 2.33. The van der Waals surface area contributed by atoms with Crippen molar-refractivity contribution in [3.8, 4) is 0 Å². The van der Waals surface area contributed by atoms with Crippen molar-refractivity contribution in [3.05, 3.63) is 29.7 Å². The molecule has 140 valence electrons. The molecule has 2 saturated heterocycles. The van der Waals surface area contributed by atoms with E-state index in [0.29, 0.717) is 17.5 Å². The number of pyridine rings is 1. The van der Waals surface area contributed by atoms with E-state index in [1.165, 1.54) is 16.9 Å². The van der Waals surface area contributed by atoms with Gasteiger partial charge in [-0.1, -0.05) is 0 Å². The molecule has 0 radical (unpaired) electrons. The van der Waals surface area contributed by atoms with Crippen LogP contribution in [0.1, 0.15) is 17.8 Å². The van der Waals surface area contributed by atoms with Crippen LogP contribution in [0.25, 0.3) is 5.65 Å². The van der Waals surface area contributed by atoms with Gasteiger partial charge in [0.05, 0.1) is 12.1 Å². The van der Waals surface area contributed by atoms with E-state index < -0.39 is 11.7 Å². The molecule has 0 aliphatic carbocycles. The summed E-state index contributed by atoms with van der Waals surface area (Å²) in [5, 5.41) is 10.5. The minimum absolute atomic E-state index is 0.0297. The maximum atomic E-state index is 12.9. The van der Waals surface area contributed by atoms with Gasteiger partial charge in [-0.15, -0.1) is 10.2 Å². The number of fused-ring (bicyclic) bond motifs is 3. The van der Waals surface area contributed by atoms with Gasteiger partial charge in [0.2, 0.25) is 0 Å². The second kappa shape index (κ2) is 6.64. The van der Waals surface area contributed by atoms with Crippen LogP contribution in [-0.4, -0.2) is 50.1 Å². The number of nitrogens with zero attached hydrogens (tertiary/aromatic N) is 4. The zero-order valence-electron chi connectivity index (χ0n) is 13.9. The van der Waals surface area contributed by atoms with Crippen LogP contribution in [0.3, 0.4) is 0 Å². The van der Waals surface area contributed by atoms with Crippen LogP contribution in [0, 0.1) is 11.8 Å². The molecule has 0 aromatic carbocycles. The van der Waals surface area contributed by atoms with E-state index in [0.717, 1.165) is 36.9 Å². The lowest BCUT2D eigenvalue weighted by molar-refractivity contribution is -0.137. The van der Waals surface area contributed by atoms with Crippen LogP contribution in [0.4, 0.5) is 18.0 Å². The molecule has 2 aliphatic heterocycles. The van der Waals surface area contributed by atoms with Gasteiger partial charge >= 0.3 is 12.2 Å². The third kappa shape index (κ3) is 3.46. The van der Waals surface area contributed by atoms with Crippen molar-refractivity contribution < 1.29 is 18.0 Å². The molecule has 0 saturated carbocycles. The Balaban J connectivity index is 1.45. The fourth-order valence-corrected chi connectivity index (χ4v) is 4.91. The molecule has 2 aliphatic rings. The summed E-state index contributed by atoms with van der Waals surface area (Å²) in [6, 6.07) is 2.04. The second-order valence-corrected chi connectivity index (χ2v) is 7.90. The van der Waals surface area contributed by atoms with Crippen LogP contribution in [0.15, 0.2) is 18.3 Å². The molecule has 2 aromatic heterocycles. The minimum atomic E-state index is -4.44. The van der Waals surface area contributed by atoms with Gasteiger partial charge in [-0.05, 0) is 41.9 Å². The molecule has 0 spiro atoms. The number of rotatable bonds is 2. The number of piperidine rings is 1. The lowest BCUT2D eigenvalue weighted by Gasteiger charge is -2.40. The number of carbonyl (C=O) groups excluding carboxylic acids is 1. The maximum Gasteiger partial charge on any atom is 0.417 e. The highest BCUT2D eigenvalue weighted by atomic mass is 32.2. The number of likely N-dealkylation sites (tertiary alicyclic amines) is 1. The SMILES string of the molecule is O=C(NCc1nnc2ccc(C(F)(F)F)cn12)N1CC2CSCC(C2)C1. The Morgan fingerprint density at radius 1 is 1.23 bits per heavy atom. The Kier molecular flexibility index (Phi) is 4.45. The van der Waals surface area contributed by atoms with Gasteiger partial charge in [0.1, 0.15) is 0 Å². The van der Waals surface area contributed by atoms with Crippen LogP contribution in [-0.2, 0) is 12.7 Å². The average Bonchev–Trinajstić information content (AvgIpc) is 3.01. The van der Waals surface area contributed by atoms with E-state index in [1.807, 2.05) is 16.7 Å². The number of hydrogen-bond donors (Lipinski definition) is 1. The molecule has 4 heterocycles. The van der Waals surface area contributed by atoms with Crippen LogP contribution < -0.4 is 5.32 Å². The number of hydrogen-bond acceptors (Lipinski definition) is 4. The van der Waals surface area contributed by atoms with E-state index in [1.54, 1.807) is 0 Å². The smallest absolute Gasteiger partial charge is 0.331 e. The Labute approximate surface area is 152 Å². The van der Waals surface area contributed by atoms with E-state index in [2.05, 4.69) is 15.5 Å². The summed E-state index contributed by atoms with van der Waals surface area (Å²) in [6.45, 7) is 1.49. The molecule has 26 heavy (non-hydrogen) atoms. The van der Waals surface area contributed by atoms with Crippen molar-refractivity contribution in [2.75, 3.05) is 24.6 Å². The number of halogens is 3. The molecule has 2 atom stereocenters. The van der Waals surface area contributed by atoms with Gasteiger partial charge in [-0.25, -0.2) is 4.79 Å². The molecule has 2 unspecified atom stereocenters. The van der Waals surface area contributed by atoms with Gasteiger partial charge in [0, 0.05) is 19.3 Å². The number of carbonyl (C=O) groups is 1. The predicted octanol–water partition coefficient (Wildman–Crippen LogP) is 2.64. The van der Waals surface area contributed by atoms with Crippen LogP contribution in [0.5, 0.6) is 0 Å². The van der Waals surface area contributed by atoms with Crippen LogP contribution >= 0.6 is 11.8 Å². The summed E-state index contributed by atoms with van der Waals surface area (Å²) in [6.07, 6.45) is -2.31. The molecule has 2 bridgehead atoms. The first kappa shape index (κ1) is 17.4. The molecule has 6 nitrogen and oxygen atoms in total. The predicted molar refractivity (Wildman–Crippen MR) is 90.7 cm³/mol. The van der Waals surface area contributed by atoms with Gasteiger partial charge < -0.3 is 10.2 Å². The maximum absolute atomic E-state index is 12.9. The van der Waals surface area contributed by atoms with Gasteiger partial charge in [-0.2, -0.15) is 24.9 Å². The number of urea groups is 1. The largest absolute Gasteiger partial charge is 0.417 e. The number of nitrogens with one attached hydrogen (secondary N) is 1. The standard InChI is InChI=1S/C16H18F3N5OS/c17-16(18,19)12-1-2-13-21-22-14(24(13)7-12)4-20-15(25)23-5-10-3-11(6-23)9-26-8-10/h1-2,7,10-11H,3-6,8-9H2,(H,20,25). The van der Waals surface area contributed by atoms with Crippen molar-refractivity contribution in [2.24, 2.45) is 11.8 Å². The molecular formula is C16H18F3N5OS. The van der Waals surface area contributed by atoms with Crippen molar-refractivity contribution in [1.82, 2.24) is 24.8 Å². The first-order valence-electron chi connectivity index (χ1n) is 8.41. The first-order valence-corrected chi connectivity index (χ1v) is 9.57.